The molecule has 3 aromatic rings. The van der Waals surface area contributed by atoms with Crippen molar-refractivity contribution in [2.45, 2.75) is 13.0 Å². The second-order valence-electron chi connectivity index (χ2n) is 5.74. The molecule has 26 heavy (non-hydrogen) atoms. The Morgan fingerprint density at radius 1 is 1.04 bits per heavy atom. The van der Waals surface area contributed by atoms with E-state index in [1.54, 1.807) is 18.5 Å². The summed E-state index contributed by atoms with van der Waals surface area (Å²) in [5.74, 6) is -0.191. The van der Waals surface area contributed by atoms with Crippen molar-refractivity contribution in [3.8, 4) is 0 Å². The van der Waals surface area contributed by atoms with Gasteiger partial charge in [-0.3, -0.25) is 9.78 Å². The standard InChI is InChI=1S/C20H19ClN4O/c21-16-5-3-4-15(12-16)9-11-23-20(26)19-8-7-18(14-25-19)24-13-17-6-1-2-10-22-17/h1-8,10,12,14,24H,9,11,13H2,(H,23,26). The first kappa shape index (κ1) is 17.9. The molecule has 0 aliphatic heterocycles. The van der Waals surface area contributed by atoms with E-state index in [1.165, 1.54) is 0 Å². The Bertz CT molecular complexity index is 853. The number of hydrogen-bond acceptors (Lipinski definition) is 4. The first-order valence-corrected chi connectivity index (χ1v) is 8.71. The molecule has 132 valence electrons. The summed E-state index contributed by atoms with van der Waals surface area (Å²) in [7, 11) is 0. The lowest BCUT2D eigenvalue weighted by atomic mass is 10.1. The van der Waals surface area contributed by atoms with E-state index in [0.717, 1.165) is 23.4 Å². The summed E-state index contributed by atoms with van der Waals surface area (Å²) in [5, 5.41) is 6.80. The monoisotopic (exact) mass is 366 g/mol. The van der Waals surface area contributed by atoms with Gasteiger partial charge in [-0.25, -0.2) is 4.98 Å². The van der Waals surface area contributed by atoms with E-state index in [4.69, 9.17) is 11.6 Å². The van der Waals surface area contributed by atoms with Crippen LogP contribution in [0.1, 0.15) is 21.7 Å². The number of amides is 1. The maximum Gasteiger partial charge on any atom is 0.269 e. The van der Waals surface area contributed by atoms with E-state index in [9.17, 15) is 4.79 Å². The van der Waals surface area contributed by atoms with Crippen molar-refractivity contribution in [3.05, 3.63) is 89.0 Å². The lowest BCUT2D eigenvalue weighted by Gasteiger charge is -2.08. The predicted octanol–water partition coefficient (Wildman–Crippen LogP) is 3.71. The van der Waals surface area contributed by atoms with Crippen LogP contribution in [0.4, 0.5) is 5.69 Å². The maximum atomic E-state index is 12.2. The highest BCUT2D eigenvalue weighted by atomic mass is 35.5. The smallest absolute Gasteiger partial charge is 0.269 e. The fourth-order valence-corrected chi connectivity index (χ4v) is 2.64. The Hall–Kier alpha value is -2.92. The average molecular weight is 367 g/mol. The van der Waals surface area contributed by atoms with Crippen LogP contribution in [0, 0.1) is 0 Å². The SMILES string of the molecule is O=C(NCCc1cccc(Cl)c1)c1ccc(NCc2ccccn2)cn1. The molecule has 0 aliphatic carbocycles. The molecular formula is C20H19ClN4O. The van der Waals surface area contributed by atoms with Gasteiger partial charge in [0, 0.05) is 17.8 Å². The number of carbonyl (C=O) groups excluding carboxylic acids is 1. The fourth-order valence-electron chi connectivity index (χ4n) is 2.43. The maximum absolute atomic E-state index is 12.2. The third-order valence-electron chi connectivity index (χ3n) is 3.78. The van der Waals surface area contributed by atoms with E-state index in [2.05, 4.69) is 20.6 Å². The fraction of sp³-hybridized carbons (Fsp3) is 0.150. The van der Waals surface area contributed by atoms with Crippen LogP contribution < -0.4 is 10.6 Å². The predicted molar refractivity (Wildman–Crippen MR) is 103 cm³/mol. The Morgan fingerprint density at radius 3 is 2.69 bits per heavy atom. The summed E-state index contributed by atoms with van der Waals surface area (Å²) in [6.07, 6.45) is 4.12. The molecule has 6 heteroatoms. The molecule has 0 radical (unpaired) electrons. The number of nitrogens with one attached hydrogen (secondary N) is 2. The van der Waals surface area contributed by atoms with Gasteiger partial charge in [0.1, 0.15) is 5.69 Å². The largest absolute Gasteiger partial charge is 0.378 e. The Morgan fingerprint density at radius 2 is 1.96 bits per heavy atom. The zero-order valence-corrected chi connectivity index (χ0v) is 14.9. The zero-order valence-electron chi connectivity index (χ0n) is 14.2. The summed E-state index contributed by atoms with van der Waals surface area (Å²) in [6.45, 7) is 1.13. The molecule has 0 spiro atoms. The van der Waals surface area contributed by atoms with Crippen LogP contribution in [-0.4, -0.2) is 22.4 Å². The summed E-state index contributed by atoms with van der Waals surface area (Å²) in [4.78, 5) is 20.6. The molecule has 0 saturated carbocycles. The zero-order chi connectivity index (χ0) is 18.2. The van der Waals surface area contributed by atoms with Gasteiger partial charge in [0.2, 0.25) is 0 Å². The summed E-state index contributed by atoms with van der Waals surface area (Å²) in [6, 6.07) is 16.9. The summed E-state index contributed by atoms with van der Waals surface area (Å²) >= 11 is 5.95. The molecule has 0 fully saturated rings. The molecule has 5 nitrogen and oxygen atoms in total. The molecule has 2 aromatic heterocycles. The van der Waals surface area contributed by atoms with Crippen molar-refractivity contribution < 1.29 is 4.79 Å². The minimum atomic E-state index is -0.191. The second kappa shape index (κ2) is 8.97. The number of hydrogen-bond donors (Lipinski definition) is 2. The lowest BCUT2D eigenvalue weighted by Crippen LogP contribution is -2.26. The topological polar surface area (TPSA) is 66.9 Å². The minimum absolute atomic E-state index is 0.191. The Kier molecular flexibility index (Phi) is 6.17. The Labute approximate surface area is 157 Å². The van der Waals surface area contributed by atoms with Crippen molar-refractivity contribution in [1.82, 2.24) is 15.3 Å². The third-order valence-corrected chi connectivity index (χ3v) is 4.02. The minimum Gasteiger partial charge on any atom is -0.378 e. The van der Waals surface area contributed by atoms with Crippen LogP contribution in [0.25, 0.3) is 0 Å². The van der Waals surface area contributed by atoms with Crippen molar-refractivity contribution in [2.24, 2.45) is 0 Å². The number of carbonyl (C=O) groups is 1. The van der Waals surface area contributed by atoms with Gasteiger partial charge in [-0.1, -0.05) is 29.8 Å². The van der Waals surface area contributed by atoms with Crippen LogP contribution >= 0.6 is 11.6 Å². The molecule has 1 amide bonds. The van der Waals surface area contributed by atoms with Crippen molar-refractivity contribution in [2.75, 3.05) is 11.9 Å². The molecule has 0 saturated heterocycles. The van der Waals surface area contributed by atoms with Gasteiger partial charge in [0.05, 0.1) is 24.1 Å². The number of halogens is 1. The van der Waals surface area contributed by atoms with E-state index in [1.807, 2.05) is 48.5 Å². The van der Waals surface area contributed by atoms with Crippen LogP contribution in [0.2, 0.25) is 5.02 Å². The number of rotatable bonds is 7. The number of benzene rings is 1. The number of nitrogens with zero attached hydrogens (tertiary/aromatic N) is 2. The van der Waals surface area contributed by atoms with Crippen LogP contribution in [0.15, 0.2) is 67.0 Å². The summed E-state index contributed by atoms with van der Waals surface area (Å²) < 4.78 is 0. The molecule has 2 N–H and O–H groups in total. The molecule has 0 aliphatic rings. The van der Waals surface area contributed by atoms with Gasteiger partial charge < -0.3 is 10.6 Å². The molecule has 0 bridgehead atoms. The van der Waals surface area contributed by atoms with Gasteiger partial charge in [0.15, 0.2) is 0 Å². The van der Waals surface area contributed by atoms with Gasteiger partial charge in [-0.05, 0) is 48.4 Å². The normalized spacial score (nSPS) is 10.3. The first-order chi connectivity index (χ1) is 12.7. The lowest BCUT2D eigenvalue weighted by molar-refractivity contribution is 0.0949. The number of pyridine rings is 2. The van der Waals surface area contributed by atoms with Gasteiger partial charge in [-0.2, -0.15) is 0 Å². The van der Waals surface area contributed by atoms with Crippen molar-refractivity contribution in [1.29, 1.82) is 0 Å². The van der Waals surface area contributed by atoms with E-state index in [0.29, 0.717) is 23.8 Å². The van der Waals surface area contributed by atoms with E-state index in [-0.39, 0.29) is 5.91 Å². The second-order valence-corrected chi connectivity index (χ2v) is 6.18. The third kappa shape index (κ3) is 5.29. The van der Waals surface area contributed by atoms with Crippen LogP contribution in [-0.2, 0) is 13.0 Å². The van der Waals surface area contributed by atoms with Crippen LogP contribution in [0.3, 0.4) is 0 Å². The number of anilines is 1. The van der Waals surface area contributed by atoms with Crippen molar-refractivity contribution in [3.63, 3.8) is 0 Å². The van der Waals surface area contributed by atoms with Gasteiger partial charge in [0.25, 0.3) is 5.91 Å². The van der Waals surface area contributed by atoms with Crippen LogP contribution in [0.5, 0.6) is 0 Å². The van der Waals surface area contributed by atoms with E-state index < -0.39 is 0 Å². The molecule has 0 atom stereocenters. The first-order valence-electron chi connectivity index (χ1n) is 8.33. The molecule has 1 aromatic carbocycles. The molecular weight excluding hydrogens is 348 g/mol. The van der Waals surface area contributed by atoms with Gasteiger partial charge in [-0.15, -0.1) is 0 Å². The summed E-state index contributed by atoms with van der Waals surface area (Å²) in [5.41, 5.74) is 3.25. The molecule has 0 unspecified atom stereocenters. The van der Waals surface area contributed by atoms with Crippen molar-refractivity contribution >= 4 is 23.2 Å². The quantitative estimate of drug-likeness (QED) is 0.668. The highest BCUT2D eigenvalue weighted by molar-refractivity contribution is 6.30. The Balaban J connectivity index is 1.47. The average Bonchev–Trinajstić information content (AvgIpc) is 2.67. The molecule has 2 heterocycles. The van der Waals surface area contributed by atoms with Gasteiger partial charge >= 0.3 is 0 Å². The molecule has 3 rings (SSSR count). The highest BCUT2D eigenvalue weighted by Crippen LogP contribution is 2.11. The highest BCUT2D eigenvalue weighted by Gasteiger charge is 2.06. The number of aromatic nitrogens is 2. The van der Waals surface area contributed by atoms with E-state index >= 15 is 0 Å².